The number of carbonyl (C=O) groups is 1. The highest BCUT2D eigenvalue weighted by Crippen LogP contribution is 2.24. The first-order chi connectivity index (χ1) is 15.3. The van der Waals surface area contributed by atoms with Gasteiger partial charge in [0.2, 0.25) is 10.0 Å². The van der Waals surface area contributed by atoms with Gasteiger partial charge in [-0.1, -0.05) is 11.2 Å². The zero-order valence-electron chi connectivity index (χ0n) is 18.0. The lowest BCUT2D eigenvalue weighted by Gasteiger charge is -2.16. The third-order valence-electron chi connectivity index (χ3n) is 5.48. The molecule has 2 heterocycles. The summed E-state index contributed by atoms with van der Waals surface area (Å²) in [7, 11) is -3.54. The molecule has 0 saturated carbocycles. The lowest BCUT2D eigenvalue weighted by Crippen LogP contribution is -2.27. The van der Waals surface area contributed by atoms with Gasteiger partial charge in [-0.05, 0) is 69.2 Å². The topological polar surface area (TPSA) is 102 Å². The maximum Gasteiger partial charge on any atom is 0.255 e. The SMILES string of the molecule is Cc1noc(C)c1COc1ccc(C(=O)Nc2cccc(S(=O)(=O)N3CCCC3)c2)cc1. The van der Waals surface area contributed by atoms with Gasteiger partial charge in [0.25, 0.3) is 5.91 Å². The Bertz CT molecular complexity index is 1190. The fourth-order valence-corrected chi connectivity index (χ4v) is 5.14. The van der Waals surface area contributed by atoms with E-state index in [1.54, 1.807) is 42.5 Å². The maximum atomic E-state index is 12.8. The van der Waals surface area contributed by atoms with Gasteiger partial charge < -0.3 is 14.6 Å². The number of rotatable bonds is 7. The average molecular weight is 456 g/mol. The number of benzene rings is 2. The van der Waals surface area contributed by atoms with E-state index in [2.05, 4.69) is 10.5 Å². The molecule has 0 unspecified atom stereocenters. The van der Waals surface area contributed by atoms with Gasteiger partial charge in [-0.3, -0.25) is 4.79 Å². The summed E-state index contributed by atoms with van der Waals surface area (Å²) >= 11 is 0. The summed E-state index contributed by atoms with van der Waals surface area (Å²) in [6.07, 6.45) is 1.74. The summed E-state index contributed by atoms with van der Waals surface area (Å²) in [6.45, 7) is 5.07. The summed E-state index contributed by atoms with van der Waals surface area (Å²) in [5.41, 5.74) is 2.54. The zero-order chi connectivity index (χ0) is 22.7. The quantitative estimate of drug-likeness (QED) is 0.580. The molecule has 1 N–H and O–H groups in total. The minimum Gasteiger partial charge on any atom is -0.489 e. The van der Waals surface area contributed by atoms with Crippen molar-refractivity contribution in [3.63, 3.8) is 0 Å². The van der Waals surface area contributed by atoms with E-state index in [4.69, 9.17) is 9.26 Å². The highest BCUT2D eigenvalue weighted by Gasteiger charge is 2.27. The third-order valence-corrected chi connectivity index (χ3v) is 7.37. The van der Waals surface area contributed by atoms with E-state index in [1.165, 1.54) is 10.4 Å². The molecular weight excluding hydrogens is 430 g/mol. The first-order valence-corrected chi connectivity index (χ1v) is 11.8. The lowest BCUT2D eigenvalue weighted by atomic mass is 10.2. The Kier molecular flexibility index (Phi) is 6.29. The van der Waals surface area contributed by atoms with Crippen LogP contribution in [0.4, 0.5) is 5.69 Å². The van der Waals surface area contributed by atoms with Crippen molar-refractivity contribution in [2.45, 2.75) is 38.2 Å². The van der Waals surface area contributed by atoms with Crippen molar-refractivity contribution in [2.24, 2.45) is 0 Å². The largest absolute Gasteiger partial charge is 0.489 e. The molecule has 0 atom stereocenters. The number of amides is 1. The van der Waals surface area contributed by atoms with Gasteiger partial charge in [-0.25, -0.2) is 8.42 Å². The van der Waals surface area contributed by atoms with E-state index < -0.39 is 10.0 Å². The molecule has 1 aromatic heterocycles. The van der Waals surface area contributed by atoms with Gasteiger partial charge in [0, 0.05) is 24.3 Å². The fourth-order valence-electron chi connectivity index (χ4n) is 3.58. The van der Waals surface area contributed by atoms with Crippen molar-refractivity contribution in [3.8, 4) is 5.75 Å². The Morgan fingerprint density at radius 3 is 2.50 bits per heavy atom. The lowest BCUT2D eigenvalue weighted by molar-refractivity contribution is 0.102. The third kappa shape index (κ3) is 4.68. The predicted molar refractivity (Wildman–Crippen MR) is 119 cm³/mol. The van der Waals surface area contributed by atoms with Crippen molar-refractivity contribution >= 4 is 21.6 Å². The van der Waals surface area contributed by atoms with Crippen LogP contribution in [0.25, 0.3) is 0 Å². The number of nitrogens with one attached hydrogen (secondary N) is 1. The molecular formula is C23H25N3O5S. The Morgan fingerprint density at radius 1 is 1.12 bits per heavy atom. The molecule has 0 spiro atoms. The number of carbonyl (C=O) groups excluding carboxylic acids is 1. The monoisotopic (exact) mass is 455 g/mol. The maximum absolute atomic E-state index is 12.8. The van der Waals surface area contributed by atoms with Gasteiger partial charge in [-0.2, -0.15) is 4.31 Å². The molecule has 8 nitrogen and oxygen atoms in total. The number of aryl methyl sites for hydroxylation is 2. The van der Waals surface area contributed by atoms with Crippen LogP contribution in [-0.4, -0.2) is 36.9 Å². The number of hydrogen-bond donors (Lipinski definition) is 1. The van der Waals surface area contributed by atoms with Gasteiger partial charge in [0.05, 0.1) is 16.2 Å². The van der Waals surface area contributed by atoms with Crippen molar-refractivity contribution in [3.05, 3.63) is 71.1 Å². The second-order valence-electron chi connectivity index (χ2n) is 7.71. The number of anilines is 1. The number of aromatic nitrogens is 1. The van der Waals surface area contributed by atoms with E-state index in [1.807, 2.05) is 13.8 Å². The Hall–Kier alpha value is -3.17. The number of ether oxygens (including phenoxy) is 1. The molecule has 0 aliphatic carbocycles. The molecule has 1 saturated heterocycles. The molecule has 1 aliphatic heterocycles. The molecule has 168 valence electrons. The van der Waals surface area contributed by atoms with Gasteiger partial charge in [0.15, 0.2) is 0 Å². The highest BCUT2D eigenvalue weighted by atomic mass is 32.2. The molecule has 32 heavy (non-hydrogen) atoms. The van der Waals surface area contributed by atoms with Gasteiger partial charge in [0.1, 0.15) is 18.1 Å². The van der Waals surface area contributed by atoms with Gasteiger partial charge >= 0.3 is 0 Å². The summed E-state index contributed by atoms with van der Waals surface area (Å²) in [6, 6.07) is 13.1. The van der Waals surface area contributed by atoms with Crippen LogP contribution in [0.1, 0.15) is 40.2 Å². The standard InChI is InChI=1S/C23H25N3O5S/c1-16-22(17(2)31-25-16)15-30-20-10-8-18(9-11-20)23(27)24-19-6-5-7-21(14-19)32(28,29)26-12-3-4-13-26/h5-11,14H,3-4,12-13,15H2,1-2H3,(H,24,27). The van der Waals surface area contributed by atoms with Crippen LogP contribution in [0, 0.1) is 13.8 Å². The Balaban J connectivity index is 1.41. The predicted octanol–water partition coefficient (Wildman–Crippen LogP) is 3.91. The Labute approximate surface area is 187 Å². The molecule has 0 bridgehead atoms. The molecule has 1 fully saturated rings. The summed E-state index contributed by atoms with van der Waals surface area (Å²) in [4.78, 5) is 12.8. The van der Waals surface area contributed by atoms with Crippen molar-refractivity contribution < 1.29 is 22.5 Å². The number of sulfonamides is 1. The van der Waals surface area contributed by atoms with Gasteiger partial charge in [-0.15, -0.1) is 0 Å². The van der Waals surface area contributed by atoms with Crippen LogP contribution in [0.15, 0.2) is 57.9 Å². The first-order valence-electron chi connectivity index (χ1n) is 10.4. The van der Waals surface area contributed by atoms with Crippen LogP contribution < -0.4 is 10.1 Å². The molecule has 0 radical (unpaired) electrons. The van der Waals surface area contributed by atoms with Crippen LogP contribution in [0.5, 0.6) is 5.75 Å². The first kappa shape index (κ1) is 22.0. The zero-order valence-corrected chi connectivity index (χ0v) is 18.8. The fraction of sp³-hybridized carbons (Fsp3) is 0.304. The molecule has 3 aromatic rings. The normalized spacial score (nSPS) is 14.4. The van der Waals surface area contributed by atoms with Crippen LogP contribution in [-0.2, 0) is 16.6 Å². The van der Waals surface area contributed by atoms with Crippen molar-refractivity contribution in [1.82, 2.24) is 9.46 Å². The molecule has 1 aliphatic rings. The van der Waals surface area contributed by atoms with Crippen molar-refractivity contribution in [1.29, 1.82) is 0 Å². The summed E-state index contributed by atoms with van der Waals surface area (Å²) in [5, 5.41) is 6.67. The van der Waals surface area contributed by atoms with E-state index >= 15 is 0 Å². The molecule has 4 rings (SSSR count). The van der Waals surface area contributed by atoms with Crippen LogP contribution in [0.2, 0.25) is 0 Å². The molecule has 9 heteroatoms. The van der Waals surface area contributed by atoms with Crippen LogP contribution >= 0.6 is 0 Å². The van der Waals surface area contributed by atoms with Crippen LogP contribution in [0.3, 0.4) is 0 Å². The van der Waals surface area contributed by atoms with E-state index in [9.17, 15) is 13.2 Å². The van der Waals surface area contributed by atoms with E-state index in [0.29, 0.717) is 42.5 Å². The highest BCUT2D eigenvalue weighted by molar-refractivity contribution is 7.89. The number of hydrogen-bond acceptors (Lipinski definition) is 6. The second kappa shape index (κ2) is 9.13. The average Bonchev–Trinajstić information content (AvgIpc) is 3.44. The second-order valence-corrected chi connectivity index (χ2v) is 9.65. The summed E-state index contributed by atoms with van der Waals surface area (Å²) < 4.78 is 37.9. The summed E-state index contributed by atoms with van der Waals surface area (Å²) in [5.74, 6) is 0.991. The Morgan fingerprint density at radius 2 is 1.84 bits per heavy atom. The minimum absolute atomic E-state index is 0.181. The molecule has 2 aromatic carbocycles. The smallest absolute Gasteiger partial charge is 0.255 e. The minimum atomic E-state index is -3.54. The van der Waals surface area contributed by atoms with E-state index in [-0.39, 0.29) is 10.8 Å². The number of nitrogens with zero attached hydrogens (tertiary/aromatic N) is 2. The molecule has 1 amide bonds. The van der Waals surface area contributed by atoms with E-state index in [0.717, 1.165) is 24.1 Å². The van der Waals surface area contributed by atoms with Crippen molar-refractivity contribution in [2.75, 3.05) is 18.4 Å².